The van der Waals surface area contributed by atoms with Crippen LogP contribution in [0.25, 0.3) is 0 Å². The molecule has 0 aromatic carbocycles. The third-order valence-electron chi connectivity index (χ3n) is 4.33. The van der Waals surface area contributed by atoms with E-state index in [1.54, 1.807) is 0 Å². The van der Waals surface area contributed by atoms with Gasteiger partial charge in [-0.15, -0.1) is 24.0 Å². The number of aryl methyl sites for hydroxylation is 1. The Morgan fingerprint density at radius 1 is 1.23 bits per heavy atom. The lowest BCUT2D eigenvalue weighted by atomic mass is 10.1. The summed E-state index contributed by atoms with van der Waals surface area (Å²) in [6, 6.07) is 0. The number of piperidine rings is 1. The maximum absolute atomic E-state index is 5.27. The van der Waals surface area contributed by atoms with Gasteiger partial charge in [0.15, 0.2) is 11.8 Å². The summed E-state index contributed by atoms with van der Waals surface area (Å²) in [5.41, 5.74) is 0. The molecule has 0 aliphatic carbocycles. The Morgan fingerprint density at radius 3 is 2.65 bits per heavy atom. The fourth-order valence-corrected chi connectivity index (χ4v) is 2.88. The SMILES string of the molecule is CCNC(=NCCCc1nc(C(C)C)no1)NCCN1CCCCC1.I. The van der Waals surface area contributed by atoms with Crippen molar-refractivity contribution in [1.82, 2.24) is 25.7 Å². The van der Waals surface area contributed by atoms with E-state index in [2.05, 4.69) is 51.4 Å². The molecule has 1 aliphatic heterocycles. The number of hydrogen-bond acceptors (Lipinski definition) is 5. The standard InChI is InChI=1S/C18H34N6O.HI/c1-4-19-18(21-11-14-24-12-6-5-7-13-24)20-10-8-9-16-22-17(15(2)3)23-25-16;/h15H,4-14H2,1-3H3,(H2,19,20,21);1H. The van der Waals surface area contributed by atoms with E-state index in [0.29, 0.717) is 11.8 Å². The van der Waals surface area contributed by atoms with Crippen LogP contribution in [0.1, 0.15) is 64.1 Å². The van der Waals surface area contributed by atoms with Gasteiger partial charge >= 0.3 is 0 Å². The van der Waals surface area contributed by atoms with E-state index in [-0.39, 0.29) is 24.0 Å². The topological polar surface area (TPSA) is 78.6 Å². The van der Waals surface area contributed by atoms with Crippen LogP contribution in [0.5, 0.6) is 0 Å². The Labute approximate surface area is 174 Å². The van der Waals surface area contributed by atoms with Crippen LogP contribution in [0.2, 0.25) is 0 Å². The predicted molar refractivity (Wildman–Crippen MR) is 116 cm³/mol. The van der Waals surface area contributed by atoms with E-state index in [4.69, 9.17) is 4.52 Å². The Balaban J connectivity index is 0.00000338. The number of rotatable bonds is 9. The van der Waals surface area contributed by atoms with E-state index in [1.807, 2.05) is 0 Å². The monoisotopic (exact) mass is 478 g/mol. The summed E-state index contributed by atoms with van der Waals surface area (Å²) in [5, 5.41) is 10.7. The molecule has 1 saturated heterocycles. The molecular formula is C18H35IN6O. The number of nitrogens with one attached hydrogen (secondary N) is 2. The zero-order chi connectivity index (χ0) is 17.9. The maximum atomic E-state index is 5.27. The molecule has 1 aromatic heterocycles. The molecule has 1 fully saturated rings. The van der Waals surface area contributed by atoms with Crippen molar-refractivity contribution in [3.8, 4) is 0 Å². The van der Waals surface area contributed by atoms with E-state index in [1.165, 1.54) is 32.4 Å². The Kier molecular flexibility index (Phi) is 11.8. The van der Waals surface area contributed by atoms with E-state index >= 15 is 0 Å². The average Bonchev–Trinajstić information content (AvgIpc) is 3.09. The third kappa shape index (κ3) is 8.66. The van der Waals surface area contributed by atoms with Crippen LogP contribution in [-0.4, -0.2) is 60.3 Å². The molecule has 1 aliphatic rings. The smallest absolute Gasteiger partial charge is 0.226 e. The van der Waals surface area contributed by atoms with Gasteiger partial charge < -0.3 is 20.1 Å². The van der Waals surface area contributed by atoms with Gasteiger partial charge in [-0.05, 0) is 39.3 Å². The quantitative estimate of drug-likeness (QED) is 0.246. The molecule has 1 aromatic rings. The molecule has 26 heavy (non-hydrogen) atoms. The Bertz CT molecular complexity index is 514. The number of hydrogen-bond donors (Lipinski definition) is 2. The summed E-state index contributed by atoms with van der Waals surface area (Å²) in [6.07, 6.45) is 5.73. The second-order valence-corrected chi connectivity index (χ2v) is 6.89. The number of halogens is 1. The second kappa shape index (κ2) is 13.3. The number of nitrogens with zero attached hydrogens (tertiary/aromatic N) is 4. The summed E-state index contributed by atoms with van der Waals surface area (Å²) < 4.78 is 5.27. The highest BCUT2D eigenvalue weighted by Crippen LogP contribution is 2.10. The first-order valence-corrected chi connectivity index (χ1v) is 9.76. The maximum Gasteiger partial charge on any atom is 0.226 e. The van der Waals surface area contributed by atoms with E-state index < -0.39 is 0 Å². The first kappa shape index (κ1) is 23.1. The molecule has 2 N–H and O–H groups in total. The molecule has 0 unspecified atom stereocenters. The minimum Gasteiger partial charge on any atom is -0.357 e. The highest BCUT2D eigenvalue weighted by atomic mass is 127. The van der Waals surface area contributed by atoms with E-state index in [0.717, 1.165) is 50.8 Å². The zero-order valence-electron chi connectivity index (χ0n) is 16.5. The van der Waals surface area contributed by atoms with Crippen molar-refractivity contribution in [2.75, 3.05) is 39.3 Å². The van der Waals surface area contributed by atoms with Gasteiger partial charge in [-0.2, -0.15) is 4.98 Å². The van der Waals surface area contributed by atoms with Crippen molar-refractivity contribution >= 4 is 29.9 Å². The molecule has 150 valence electrons. The van der Waals surface area contributed by atoms with Crippen LogP contribution in [0.3, 0.4) is 0 Å². The van der Waals surface area contributed by atoms with Gasteiger partial charge in [-0.1, -0.05) is 25.4 Å². The first-order chi connectivity index (χ1) is 12.2. The molecule has 7 nitrogen and oxygen atoms in total. The Morgan fingerprint density at radius 2 is 2.00 bits per heavy atom. The lowest BCUT2D eigenvalue weighted by molar-refractivity contribution is 0.232. The summed E-state index contributed by atoms with van der Waals surface area (Å²) in [4.78, 5) is 11.6. The fraction of sp³-hybridized carbons (Fsp3) is 0.833. The molecule has 2 rings (SSSR count). The van der Waals surface area contributed by atoms with Crippen molar-refractivity contribution < 1.29 is 4.52 Å². The van der Waals surface area contributed by atoms with Gasteiger partial charge in [0.05, 0.1) is 0 Å². The molecule has 0 atom stereocenters. The average molecular weight is 478 g/mol. The summed E-state index contributed by atoms with van der Waals surface area (Å²) in [6.45, 7) is 12.3. The molecule has 0 bridgehead atoms. The minimum absolute atomic E-state index is 0. The molecule has 0 radical (unpaired) electrons. The van der Waals surface area contributed by atoms with Gasteiger partial charge in [-0.25, -0.2) is 0 Å². The van der Waals surface area contributed by atoms with Crippen molar-refractivity contribution in [2.24, 2.45) is 4.99 Å². The number of aromatic nitrogens is 2. The largest absolute Gasteiger partial charge is 0.357 e. The van der Waals surface area contributed by atoms with Crippen LogP contribution >= 0.6 is 24.0 Å². The van der Waals surface area contributed by atoms with Crippen molar-refractivity contribution in [1.29, 1.82) is 0 Å². The normalized spacial score (nSPS) is 15.8. The van der Waals surface area contributed by atoms with Gasteiger partial charge in [0.25, 0.3) is 0 Å². The van der Waals surface area contributed by atoms with Gasteiger partial charge in [-0.3, -0.25) is 4.99 Å². The molecule has 2 heterocycles. The van der Waals surface area contributed by atoms with Crippen molar-refractivity contribution in [2.45, 2.75) is 58.8 Å². The molecule has 8 heteroatoms. The van der Waals surface area contributed by atoms with Crippen LogP contribution in [0.4, 0.5) is 0 Å². The van der Waals surface area contributed by atoms with Gasteiger partial charge in [0.1, 0.15) is 0 Å². The first-order valence-electron chi connectivity index (χ1n) is 9.76. The van der Waals surface area contributed by atoms with Gasteiger partial charge in [0, 0.05) is 38.5 Å². The Hall–Kier alpha value is -0.900. The van der Waals surface area contributed by atoms with Crippen molar-refractivity contribution in [3.05, 3.63) is 11.7 Å². The zero-order valence-corrected chi connectivity index (χ0v) is 18.8. The second-order valence-electron chi connectivity index (χ2n) is 6.89. The lowest BCUT2D eigenvalue weighted by Gasteiger charge is -2.26. The van der Waals surface area contributed by atoms with Crippen LogP contribution < -0.4 is 10.6 Å². The molecule has 0 amide bonds. The number of guanidine groups is 1. The third-order valence-corrected chi connectivity index (χ3v) is 4.33. The summed E-state index contributed by atoms with van der Waals surface area (Å²) in [5.74, 6) is 2.70. The highest BCUT2D eigenvalue weighted by molar-refractivity contribution is 14.0. The van der Waals surface area contributed by atoms with Gasteiger partial charge in [0.2, 0.25) is 5.89 Å². The minimum atomic E-state index is 0. The highest BCUT2D eigenvalue weighted by Gasteiger charge is 2.10. The predicted octanol–water partition coefficient (Wildman–Crippen LogP) is 2.78. The van der Waals surface area contributed by atoms with Crippen LogP contribution in [0, 0.1) is 0 Å². The summed E-state index contributed by atoms with van der Waals surface area (Å²) >= 11 is 0. The molecule has 0 saturated carbocycles. The number of aliphatic imine (C=N–C) groups is 1. The van der Waals surface area contributed by atoms with E-state index in [9.17, 15) is 0 Å². The summed E-state index contributed by atoms with van der Waals surface area (Å²) in [7, 11) is 0. The van der Waals surface area contributed by atoms with Crippen molar-refractivity contribution in [3.63, 3.8) is 0 Å². The molecule has 0 spiro atoms. The molecular weight excluding hydrogens is 443 g/mol. The van der Waals surface area contributed by atoms with Crippen LogP contribution in [-0.2, 0) is 6.42 Å². The lowest BCUT2D eigenvalue weighted by Crippen LogP contribution is -2.42. The number of likely N-dealkylation sites (tertiary alicyclic amines) is 1. The van der Waals surface area contributed by atoms with Crippen LogP contribution in [0.15, 0.2) is 9.52 Å². The fourth-order valence-electron chi connectivity index (χ4n) is 2.88.